The van der Waals surface area contributed by atoms with Gasteiger partial charge in [0.15, 0.2) is 0 Å². The van der Waals surface area contributed by atoms with Gasteiger partial charge in [-0.2, -0.15) is 0 Å². The third kappa shape index (κ3) is 4.79. The molecule has 30 heavy (non-hydrogen) atoms. The highest BCUT2D eigenvalue weighted by atomic mass is 35.5. The van der Waals surface area contributed by atoms with E-state index in [4.69, 9.17) is 16.3 Å². The minimum absolute atomic E-state index is 0.244. The van der Waals surface area contributed by atoms with Crippen LogP contribution < -0.4 is 5.32 Å². The third-order valence-corrected chi connectivity index (χ3v) is 7.74. The van der Waals surface area contributed by atoms with Gasteiger partial charge in [0.25, 0.3) is 0 Å². The molecule has 1 amide bonds. The van der Waals surface area contributed by atoms with Crippen LogP contribution in [0.25, 0.3) is 6.08 Å². The molecule has 1 aromatic heterocycles. The Morgan fingerprint density at radius 3 is 2.73 bits per heavy atom. The van der Waals surface area contributed by atoms with Gasteiger partial charge < -0.3 is 10.1 Å². The minimum Gasteiger partial charge on any atom is -0.465 e. The maximum atomic E-state index is 12.6. The summed E-state index contributed by atoms with van der Waals surface area (Å²) in [6, 6.07) is 7.31. The van der Waals surface area contributed by atoms with Crippen molar-refractivity contribution in [1.82, 2.24) is 0 Å². The number of esters is 1. The van der Waals surface area contributed by atoms with E-state index in [0.717, 1.165) is 36.8 Å². The number of carbonyl (C=O) groups is 2. The smallest absolute Gasteiger partial charge is 0.341 e. The van der Waals surface area contributed by atoms with Crippen LogP contribution in [0.1, 0.15) is 60.0 Å². The van der Waals surface area contributed by atoms with Crippen LogP contribution in [0.2, 0.25) is 5.02 Å². The maximum Gasteiger partial charge on any atom is 0.341 e. The van der Waals surface area contributed by atoms with Crippen LogP contribution >= 0.6 is 22.9 Å². The molecule has 0 radical (unpaired) electrons. The predicted octanol–water partition coefficient (Wildman–Crippen LogP) is 6.38. The zero-order chi connectivity index (χ0) is 21.9. The predicted molar refractivity (Wildman–Crippen MR) is 124 cm³/mol. The number of fused-ring (bicyclic) bond motifs is 1. The number of methoxy groups -OCH3 is 1. The number of hydrogen-bond donors (Lipinski definition) is 1. The molecule has 1 aromatic carbocycles. The van der Waals surface area contributed by atoms with Gasteiger partial charge in [-0.15, -0.1) is 11.3 Å². The van der Waals surface area contributed by atoms with Crippen LogP contribution in [0.4, 0.5) is 5.00 Å². The zero-order valence-corrected chi connectivity index (χ0v) is 19.5. The molecule has 0 spiro atoms. The fourth-order valence-corrected chi connectivity index (χ4v) is 5.39. The van der Waals surface area contributed by atoms with Gasteiger partial charge in [0.05, 0.1) is 12.7 Å². The summed E-state index contributed by atoms with van der Waals surface area (Å²) in [6.07, 6.45) is 7.01. The van der Waals surface area contributed by atoms with Crippen molar-refractivity contribution in [2.24, 2.45) is 11.3 Å². The van der Waals surface area contributed by atoms with E-state index < -0.39 is 5.97 Å². The number of halogens is 1. The number of nitrogens with one attached hydrogen (secondary N) is 1. The average molecular weight is 446 g/mol. The van der Waals surface area contributed by atoms with Crippen LogP contribution in [-0.2, 0) is 22.4 Å². The van der Waals surface area contributed by atoms with Gasteiger partial charge in [-0.3, -0.25) is 4.79 Å². The Balaban J connectivity index is 1.85. The van der Waals surface area contributed by atoms with Crippen molar-refractivity contribution in [2.75, 3.05) is 12.4 Å². The third-order valence-electron chi connectivity index (χ3n) is 6.23. The first-order chi connectivity index (χ1) is 14.3. The van der Waals surface area contributed by atoms with Gasteiger partial charge >= 0.3 is 5.97 Å². The van der Waals surface area contributed by atoms with Gasteiger partial charge in [-0.25, -0.2) is 4.79 Å². The molecule has 1 N–H and O–H groups in total. The van der Waals surface area contributed by atoms with Gasteiger partial charge in [-0.05, 0) is 53.9 Å². The van der Waals surface area contributed by atoms with Gasteiger partial charge in [-0.1, -0.05) is 57.0 Å². The highest BCUT2D eigenvalue weighted by Gasteiger charge is 2.35. The van der Waals surface area contributed by atoms with Crippen molar-refractivity contribution >= 4 is 45.9 Å². The van der Waals surface area contributed by atoms with Crippen molar-refractivity contribution in [3.63, 3.8) is 0 Å². The average Bonchev–Trinajstić information content (AvgIpc) is 3.09. The lowest BCUT2D eigenvalue weighted by Gasteiger charge is -2.36. The molecule has 1 atom stereocenters. The van der Waals surface area contributed by atoms with Crippen molar-refractivity contribution in [3.05, 3.63) is 56.9 Å². The highest BCUT2D eigenvalue weighted by Crippen LogP contribution is 2.45. The first-order valence-electron chi connectivity index (χ1n) is 10.2. The summed E-state index contributed by atoms with van der Waals surface area (Å²) in [4.78, 5) is 26.2. The highest BCUT2D eigenvalue weighted by molar-refractivity contribution is 7.17. The molecule has 160 valence electrons. The lowest BCUT2D eigenvalue weighted by Crippen LogP contribution is -2.28. The SMILES string of the molecule is CCC(C)(C)C1CCc2c(sc(NC(=O)C=Cc3ccccc3Cl)c2C(=O)OC)C1. The molecular weight excluding hydrogens is 418 g/mol. The Morgan fingerprint density at radius 1 is 1.33 bits per heavy atom. The lowest BCUT2D eigenvalue weighted by atomic mass is 9.69. The first kappa shape index (κ1) is 22.6. The fraction of sp³-hybridized carbons (Fsp3) is 0.417. The second-order valence-electron chi connectivity index (χ2n) is 8.33. The number of thiophene rings is 1. The van der Waals surface area contributed by atoms with Crippen molar-refractivity contribution in [2.45, 2.75) is 46.5 Å². The van der Waals surface area contributed by atoms with Crippen LogP contribution in [0, 0.1) is 11.3 Å². The molecule has 4 nitrogen and oxygen atoms in total. The Morgan fingerprint density at radius 2 is 2.07 bits per heavy atom. The largest absolute Gasteiger partial charge is 0.465 e. The van der Waals surface area contributed by atoms with Crippen LogP contribution in [0.3, 0.4) is 0 Å². The standard InChI is InChI=1S/C24H28ClNO3S/c1-5-24(2,3)16-11-12-17-19(14-16)30-22(21(17)23(28)29-4)26-20(27)13-10-15-8-6-7-9-18(15)25/h6-10,13,16H,5,11-12,14H2,1-4H3,(H,26,27). The number of anilines is 1. The van der Waals surface area contributed by atoms with E-state index in [1.165, 1.54) is 29.4 Å². The maximum absolute atomic E-state index is 12.6. The second kappa shape index (κ2) is 9.36. The number of rotatable bonds is 6. The number of hydrogen-bond acceptors (Lipinski definition) is 4. The zero-order valence-electron chi connectivity index (χ0n) is 17.9. The molecule has 1 aliphatic rings. The minimum atomic E-state index is -0.397. The Kier molecular flexibility index (Phi) is 7.04. The molecule has 0 saturated carbocycles. The summed E-state index contributed by atoms with van der Waals surface area (Å²) in [5.41, 5.74) is 2.54. The Bertz CT molecular complexity index is 977. The molecule has 3 rings (SSSR count). The number of ether oxygens (including phenoxy) is 1. The van der Waals surface area contributed by atoms with Crippen molar-refractivity contribution in [3.8, 4) is 0 Å². The monoisotopic (exact) mass is 445 g/mol. The molecule has 0 aliphatic heterocycles. The van der Waals surface area contributed by atoms with Crippen LogP contribution in [0.5, 0.6) is 0 Å². The van der Waals surface area contributed by atoms with Gasteiger partial charge in [0.2, 0.25) is 5.91 Å². The van der Waals surface area contributed by atoms with Gasteiger partial charge in [0.1, 0.15) is 5.00 Å². The normalized spacial score (nSPS) is 16.4. The fourth-order valence-electron chi connectivity index (χ4n) is 3.88. The second-order valence-corrected chi connectivity index (χ2v) is 9.84. The van der Waals surface area contributed by atoms with Gasteiger partial charge in [0, 0.05) is 16.0 Å². The summed E-state index contributed by atoms with van der Waals surface area (Å²) >= 11 is 7.64. The molecule has 6 heteroatoms. The summed E-state index contributed by atoms with van der Waals surface area (Å²) < 4.78 is 5.02. The van der Waals surface area contributed by atoms with E-state index >= 15 is 0 Å². The summed E-state index contributed by atoms with van der Waals surface area (Å²) in [6.45, 7) is 6.83. The summed E-state index contributed by atoms with van der Waals surface area (Å²) in [5, 5.41) is 4.03. The molecule has 1 unspecified atom stereocenters. The Hall–Kier alpha value is -2.11. The molecule has 1 aliphatic carbocycles. The van der Waals surface area contributed by atoms with Crippen molar-refractivity contribution in [1.29, 1.82) is 0 Å². The number of amides is 1. The van der Waals surface area contributed by atoms with Crippen LogP contribution in [-0.4, -0.2) is 19.0 Å². The van der Waals surface area contributed by atoms with E-state index in [0.29, 0.717) is 21.5 Å². The number of benzene rings is 1. The molecule has 2 aromatic rings. The topological polar surface area (TPSA) is 55.4 Å². The Labute approximate surface area is 187 Å². The first-order valence-corrected chi connectivity index (χ1v) is 11.4. The van der Waals surface area contributed by atoms with E-state index in [9.17, 15) is 9.59 Å². The lowest BCUT2D eigenvalue weighted by molar-refractivity contribution is -0.111. The van der Waals surface area contributed by atoms with E-state index in [-0.39, 0.29) is 11.3 Å². The van der Waals surface area contributed by atoms with E-state index in [1.54, 1.807) is 12.1 Å². The molecule has 0 bridgehead atoms. The molecule has 0 saturated heterocycles. The van der Waals surface area contributed by atoms with Crippen LogP contribution in [0.15, 0.2) is 30.3 Å². The van der Waals surface area contributed by atoms with Crippen molar-refractivity contribution < 1.29 is 14.3 Å². The number of carbonyl (C=O) groups excluding carboxylic acids is 2. The molecular formula is C24H28ClNO3S. The summed E-state index contributed by atoms with van der Waals surface area (Å²) in [7, 11) is 1.38. The quantitative estimate of drug-likeness (QED) is 0.414. The summed E-state index contributed by atoms with van der Waals surface area (Å²) in [5.74, 6) is -0.141. The van der Waals surface area contributed by atoms with E-state index in [1.807, 2.05) is 18.2 Å². The van der Waals surface area contributed by atoms with E-state index in [2.05, 4.69) is 26.1 Å². The molecule has 0 fully saturated rings. The molecule has 1 heterocycles.